The fourth-order valence-corrected chi connectivity index (χ4v) is 6.81. The second kappa shape index (κ2) is 51.9. The van der Waals surface area contributed by atoms with Gasteiger partial charge in [-0.1, -0.05) is 220 Å². The molecule has 62 heavy (non-hydrogen) atoms. The number of ether oxygens (including phenoxy) is 2. The van der Waals surface area contributed by atoms with Crippen LogP contribution in [0.3, 0.4) is 0 Å². The number of carbonyl (C=O) groups is 2. The molecule has 0 fully saturated rings. The van der Waals surface area contributed by atoms with Gasteiger partial charge in [-0.15, -0.1) is 0 Å². The van der Waals surface area contributed by atoms with Gasteiger partial charge in [0, 0.05) is 12.8 Å². The van der Waals surface area contributed by atoms with Crippen LogP contribution in [0.15, 0.2) is 109 Å². The van der Waals surface area contributed by atoms with Crippen molar-refractivity contribution < 1.29 is 24.2 Å². The zero-order valence-electron chi connectivity index (χ0n) is 40.1. The van der Waals surface area contributed by atoms with Crippen LogP contribution in [0.25, 0.3) is 0 Å². The number of hydrogen-bond donors (Lipinski definition) is 1. The van der Waals surface area contributed by atoms with Crippen molar-refractivity contribution in [2.75, 3.05) is 13.2 Å². The lowest BCUT2D eigenvalue weighted by Crippen LogP contribution is -2.28. The van der Waals surface area contributed by atoms with Crippen LogP contribution in [0.1, 0.15) is 219 Å². The van der Waals surface area contributed by atoms with Gasteiger partial charge in [-0.3, -0.25) is 9.59 Å². The molecule has 0 aromatic heterocycles. The molecule has 0 aromatic carbocycles. The van der Waals surface area contributed by atoms with Crippen molar-refractivity contribution in [3.8, 4) is 0 Å². The normalized spacial score (nSPS) is 13.1. The minimum absolute atomic E-state index is 0.0774. The minimum Gasteiger partial charge on any atom is -0.462 e. The molecule has 0 bridgehead atoms. The molecule has 0 aliphatic rings. The molecule has 0 heterocycles. The third-order valence-corrected chi connectivity index (χ3v) is 10.6. The second-order valence-electron chi connectivity index (χ2n) is 16.5. The molecule has 352 valence electrons. The van der Waals surface area contributed by atoms with Gasteiger partial charge in [0.25, 0.3) is 0 Å². The van der Waals surface area contributed by atoms with Gasteiger partial charge in [-0.2, -0.15) is 0 Å². The Hall–Kier alpha value is -3.44. The minimum atomic E-state index is -0.787. The summed E-state index contributed by atoms with van der Waals surface area (Å²) in [4.78, 5) is 24.5. The van der Waals surface area contributed by atoms with Gasteiger partial charge in [0.1, 0.15) is 6.61 Å². The largest absolute Gasteiger partial charge is 0.462 e. The van der Waals surface area contributed by atoms with Crippen LogP contribution in [0.5, 0.6) is 0 Å². The van der Waals surface area contributed by atoms with E-state index in [-0.39, 0.29) is 25.2 Å². The van der Waals surface area contributed by atoms with E-state index in [1.165, 1.54) is 89.9 Å². The Bertz CT molecular complexity index is 1250. The van der Waals surface area contributed by atoms with Crippen LogP contribution in [0.4, 0.5) is 0 Å². The molecule has 0 rings (SSSR count). The van der Waals surface area contributed by atoms with Gasteiger partial charge >= 0.3 is 11.9 Å². The summed E-state index contributed by atoms with van der Waals surface area (Å²) < 4.78 is 10.7. The molecule has 0 aromatic rings. The molecule has 1 atom stereocenters. The summed E-state index contributed by atoms with van der Waals surface area (Å²) in [6.45, 7) is 3.90. The number of allylic oxidation sites excluding steroid dienone is 18. The Morgan fingerprint density at radius 2 is 0.645 bits per heavy atom. The molecule has 1 unspecified atom stereocenters. The van der Waals surface area contributed by atoms with Gasteiger partial charge < -0.3 is 14.6 Å². The van der Waals surface area contributed by atoms with Gasteiger partial charge in [0.15, 0.2) is 6.10 Å². The number of aliphatic hydroxyl groups excluding tert-OH is 1. The molecular formula is C57H94O5. The Kier molecular flexibility index (Phi) is 49.0. The highest BCUT2D eigenvalue weighted by Crippen LogP contribution is 2.14. The number of hydrogen-bond acceptors (Lipinski definition) is 5. The van der Waals surface area contributed by atoms with E-state index in [2.05, 4.69) is 123 Å². The van der Waals surface area contributed by atoms with E-state index in [4.69, 9.17) is 9.47 Å². The van der Waals surface area contributed by atoms with Crippen molar-refractivity contribution in [1.29, 1.82) is 0 Å². The standard InChI is InChI=1S/C57H94O5/c1-3-5-7-9-11-13-15-17-19-21-23-25-27-28-30-31-33-35-37-39-41-43-45-47-49-51-56(59)61-54-55(53-58)62-57(60)52-50-48-46-44-42-40-38-36-34-32-29-26-24-22-20-18-16-14-12-10-8-6-4-2/h5-8,11-14,17-20,23-26,32,34,55,58H,3-4,9-10,15-16,21-22,27-31,33,35-54H2,1-2H3/b7-5-,8-6-,13-11-,14-12-,19-17-,20-18-,25-23-,26-24-,34-32-. The van der Waals surface area contributed by atoms with E-state index in [9.17, 15) is 14.7 Å². The number of unbranched alkanes of at least 4 members (excludes halogenated alkanes) is 19. The zero-order valence-corrected chi connectivity index (χ0v) is 40.1. The first-order valence-corrected chi connectivity index (χ1v) is 25.4. The van der Waals surface area contributed by atoms with E-state index in [1.54, 1.807) is 0 Å². The molecular weight excluding hydrogens is 765 g/mol. The van der Waals surface area contributed by atoms with Crippen molar-refractivity contribution in [2.45, 2.75) is 225 Å². The average molecular weight is 859 g/mol. The van der Waals surface area contributed by atoms with Gasteiger partial charge in [-0.05, 0) is 96.3 Å². The number of aliphatic hydroxyl groups is 1. The van der Waals surface area contributed by atoms with E-state index in [0.717, 1.165) is 103 Å². The summed E-state index contributed by atoms with van der Waals surface area (Å²) in [6, 6.07) is 0. The van der Waals surface area contributed by atoms with Crippen LogP contribution < -0.4 is 0 Å². The Morgan fingerprint density at radius 3 is 0.968 bits per heavy atom. The molecule has 0 amide bonds. The van der Waals surface area contributed by atoms with Gasteiger partial charge in [-0.25, -0.2) is 0 Å². The topological polar surface area (TPSA) is 72.8 Å². The van der Waals surface area contributed by atoms with Crippen molar-refractivity contribution in [3.63, 3.8) is 0 Å². The van der Waals surface area contributed by atoms with Gasteiger partial charge in [0.05, 0.1) is 6.61 Å². The summed E-state index contributed by atoms with van der Waals surface area (Å²) in [6.07, 6.45) is 74.6. The first-order chi connectivity index (χ1) is 30.6. The van der Waals surface area contributed by atoms with E-state index < -0.39 is 6.10 Å². The smallest absolute Gasteiger partial charge is 0.306 e. The van der Waals surface area contributed by atoms with Crippen LogP contribution in [0, 0.1) is 0 Å². The number of rotatable bonds is 45. The van der Waals surface area contributed by atoms with E-state index >= 15 is 0 Å². The summed E-state index contributed by atoms with van der Waals surface area (Å²) in [5, 5.41) is 9.63. The Labute approximate surface area is 382 Å². The Balaban J connectivity index is 3.56. The molecule has 0 saturated heterocycles. The fourth-order valence-electron chi connectivity index (χ4n) is 6.81. The summed E-state index contributed by atoms with van der Waals surface area (Å²) in [5.74, 6) is -0.610. The second-order valence-corrected chi connectivity index (χ2v) is 16.5. The van der Waals surface area contributed by atoms with Crippen LogP contribution in [-0.4, -0.2) is 36.4 Å². The van der Waals surface area contributed by atoms with E-state index in [0.29, 0.717) is 12.8 Å². The van der Waals surface area contributed by atoms with Gasteiger partial charge in [0.2, 0.25) is 0 Å². The lowest BCUT2D eigenvalue weighted by Gasteiger charge is -2.15. The SMILES string of the molecule is CC/C=C\C/C=C\C/C=C\C/C=C\C/C=C\CCCCCCCCCC(=O)OC(CO)COC(=O)CCCCCCCCCCCCCC/C=C\C/C=C\C/C=C\C/C=C\CC. The predicted octanol–water partition coefficient (Wildman–Crippen LogP) is 17.0. The van der Waals surface area contributed by atoms with Crippen molar-refractivity contribution in [2.24, 2.45) is 0 Å². The average Bonchev–Trinajstić information content (AvgIpc) is 3.28. The number of carbonyl (C=O) groups excluding carboxylic acids is 2. The first kappa shape index (κ1) is 58.6. The third kappa shape index (κ3) is 49.2. The molecule has 5 nitrogen and oxygen atoms in total. The maximum absolute atomic E-state index is 12.3. The van der Waals surface area contributed by atoms with E-state index in [1.807, 2.05) is 0 Å². The summed E-state index contributed by atoms with van der Waals surface area (Å²) in [7, 11) is 0. The van der Waals surface area contributed by atoms with Crippen molar-refractivity contribution in [3.05, 3.63) is 109 Å². The zero-order chi connectivity index (χ0) is 44.9. The summed E-state index contributed by atoms with van der Waals surface area (Å²) >= 11 is 0. The predicted molar refractivity (Wildman–Crippen MR) is 269 cm³/mol. The van der Waals surface area contributed by atoms with Crippen molar-refractivity contribution in [1.82, 2.24) is 0 Å². The first-order valence-electron chi connectivity index (χ1n) is 25.4. The maximum atomic E-state index is 12.3. The molecule has 0 radical (unpaired) electrons. The lowest BCUT2D eigenvalue weighted by atomic mass is 10.0. The lowest BCUT2D eigenvalue weighted by molar-refractivity contribution is -0.161. The number of esters is 2. The fraction of sp³-hybridized carbons (Fsp3) is 0.649. The highest BCUT2D eigenvalue weighted by molar-refractivity contribution is 5.70. The molecule has 1 N–H and O–H groups in total. The van der Waals surface area contributed by atoms with Crippen LogP contribution in [0.2, 0.25) is 0 Å². The van der Waals surface area contributed by atoms with Crippen molar-refractivity contribution >= 4 is 11.9 Å². The maximum Gasteiger partial charge on any atom is 0.306 e. The van der Waals surface area contributed by atoms with Crippen LogP contribution in [-0.2, 0) is 19.1 Å². The quantitative estimate of drug-likeness (QED) is 0.0375. The molecule has 5 heteroatoms. The molecule has 0 spiro atoms. The Morgan fingerprint density at radius 1 is 0.371 bits per heavy atom. The third-order valence-electron chi connectivity index (χ3n) is 10.6. The summed E-state index contributed by atoms with van der Waals surface area (Å²) in [5.41, 5.74) is 0. The highest BCUT2D eigenvalue weighted by atomic mass is 16.6. The monoisotopic (exact) mass is 859 g/mol. The molecule has 0 aliphatic carbocycles. The highest BCUT2D eigenvalue weighted by Gasteiger charge is 2.16. The molecule has 0 aliphatic heterocycles. The van der Waals surface area contributed by atoms with Crippen LogP contribution >= 0.6 is 0 Å². The molecule has 0 saturated carbocycles.